The van der Waals surface area contributed by atoms with Crippen LogP contribution in [0, 0.1) is 5.92 Å². The molecule has 2 N–H and O–H groups in total. The summed E-state index contributed by atoms with van der Waals surface area (Å²) in [5, 5.41) is 7.14. The molecule has 2 unspecified atom stereocenters. The molecule has 2 atom stereocenters. The minimum Gasteiger partial charge on any atom is -0.378 e. The van der Waals surface area contributed by atoms with Crippen molar-refractivity contribution in [3.8, 4) is 0 Å². The second kappa shape index (κ2) is 9.19. The molecule has 0 aromatic heterocycles. The first-order chi connectivity index (χ1) is 11.5. The number of ether oxygens (including phenoxy) is 1. The number of morpholine rings is 1. The van der Waals surface area contributed by atoms with Crippen LogP contribution in [0.4, 0.5) is 0 Å². The molecule has 146 valence electrons. The molecule has 3 fully saturated rings. The van der Waals surface area contributed by atoms with Gasteiger partial charge in [0.2, 0.25) is 0 Å². The lowest BCUT2D eigenvalue weighted by atomic mass is 10.0. The first-order valence-corrected chi connectivity index (χ1v) is 9.53. The van der Waals surface area contributed by atoms with E-state index in [0.29, 0.717) is 12.0 Å². The lowest BCUT2D eigenvalue weighted by molar-refractivity contribution is -0.0496. The van der Waals surface area contributed by atoms with Crippen molar-refractivity contribution in [2.75, 3.05) is 53.0 Å². The highest BCUT2D eigenvalue weighted by Crippen LogP contribution is 2.31. The number of aliphatic imine (C=N–C) groups is 1. The predicted molar refractivity (Wildman–Crippen MR) is 114 cm³/mol. The van der Waals surface area contributed by atoms with Gasteiger partial charge in [0, 0.05) is 57.4 Å². The van der Waals surface area contributed by atoms with Gasteiger partial charge in [0.15, 0.2) is 5.96 Å². The van der Waals surface area contributed by atoms with Crippen LogP contribution in [0.1, 0.15) is 33.6 Å². The van der Waals surface area contributed by atoms with E-state index in [0.717, 1.165) is 51.4 Å². The number of rotatable bonds is 5. The molecule has 1 aliphatic carbocycles. The molecule has 0 aromatic carbocycles. The van der Waals surface area contributed by atoms with E-state index in [1.165, 1.54) is 19.4 Å². The van der Waals surface area contributed by atoms with Crippen molar-refractivity contribution in [1.82, 2.24) is 20.4 Å². The molecule has 0 amide bonds. The molecule has 2 heterocycles. The van der Waals surface area contributed by atoms with Gasteiger partial charge < -0.3 is 15.4 Å². The quantitative estimate of drug-likeness (QED) is 0.365. The smallest absolute Gasteiger partial charge is 0.191 e. The maximum absolute atomic E-state index is 5.60. The SMILES string of the molecule is CN=C(NCCN1CCOCC1(C)C)NC1CN(C2CC2)CC1C.I. The zero-order valence-electron chi connectivity index (χ0n) is 16.3. The second-order valence-electron chi connectivity index (χ2n) is 8.26. The maximum atomic E-state index is 5.60. The first kappa shape index (κ1) is 21.2. The highest BCUT2D eigenvalue weighted by molar-refractivity contribution is 14.0. The van der Waals surface area contributed by atoms with Gasteiger partial charge in [-0.3, -0.25) is 14.8 Å². The largest absolute Gasteiger partial charge is 0.378 e. The lowest BCUT2D eigenvalue weighted by Crippen LogP contribution is -2.55. The van der Waals surface area contributed by atoms with Gasteiger partial charge in [-0.05, 0) is 32.6 Å². The maximum Gasteiger partial charge on any atom is 0.191 e. The van der Waals surface area contributed by atoms with Crippen molar-refractivity contribution in [1.29, 1.82) is 0 Å². The number of hydrogen-bond acceptors (Lipinski definition) is 4. The fraction of sp³-hybridized carbons (Fsp3) is 0.944. The summed E-state index contributed by atoms with van der Waals surface area (Å²) >= 11 is 0. The molecule has 0 bridgehead atoms. The number of halogens is 1. The van der Waals surface area contributed by atoms with Crippen LogP contribution in [0.2, 0.25) is 0 Å². The van der Waals surface area contributed by atoms with Crippen molar-refractivity contribution < 1.29 is 4.74 Å². The van der Waals surface area contributed by atoms with Crippen molar-refractivity contribution >= 4 is 29.9 Å². The molecule has 2 saturated heterocycles. The van der Waals surface area contributed by atoms with Crippen LogP contribution >= 0.6 is 24.0 Å². The van der Waals surface area contributed by atoms with Gasteiger partial charge in [-0.25, -0.2) is 0 Å². The molecular formula is C18H36IN5O. The molecule has 1 saturated carbocycles. The summed E-state index contributed by atoms with van der Waals surface area (Å²) in [4.78, 5) is 9.57. The molecule has 3 rings (SSSR count). The van der Waals surface area contributed by atoms with Gasteiger partial charge in [-0.1, -0.05) is 6.92 Å². The average Bonchev–Trinajstić information content (AvgIpc) is 3.32. The summed E-state index contributed by atoms with van der Waals surface area (Å²) in [5.74, 6) is 1.62. The summed E-state index contributed by atoms with van der Waals surface area (Å²) in [6.07, 6.45) is 2.78. The molecule has 2 aliphatic heterocycles. The van der Waals surface area contributed by atoms with Gasteiger partial charge in [0.25, 0.3) is 0 Å². The van der Waals surface area contributed by atoms with E-state index in [4.69, 9.17) is 4.74 Å². The normalized spacial score (nSPS) is 30.8. The van der Waals surface area contributed by atoms with Gasteiger partial charge in [0.05, 0.1) is 13.2 Å². The van der Waals surface area contributed by atoms with Crippen LogP contribution in [0.15, 0.2) is 4.99 Å². The minimum absolute atomic E-state index is 0. The molecular weight excluding hydrogens is 429 g/mol. The van der Waals surface area contributed by atoms with Crippen LogP contribution in [0.25, 0.3) is 0 Å². The van der Waals surface area contributed by atoms with Gasteiger partial charge >= 0.3 is 0 Å². The third-order valence-corrected chi connectivity index (χ3v) is 5.74. The summed E-state index contributed by atoms with van der Waals surface area (Å²) < 4.78 is 5.60. The molecule has 0 aromatic rings. The Morgan fingerprint density at radius 2 is 2.04 bits per heavy atom. The fourth-order valence-corrected chi connectivity index (χ4v) is 3.91. The zero-order valence-corrected chi connectivity index (χ0v) is 18.6. The highest BCUT2D eigenvalue weighted by atomic mass is 127. The molecule has 25 heavy (non-hydrogen) atoms. The third kappa shape index (κ3) is 5.68. The Labute approximate surface area is 170 Å². The molecule has 7 heteroatoms. The van der Waals surface area contributed by atoms with E-state index >= 15 is 0 Å². The van der Waals surface area contributed by atoms with Crippen LogP contribution in [0.5, 0.6) is 0 Å². The van der Waals surface area contributed by atoms with Gasteiger partial charge in [-0.15, -0.1) is 24.0 Å². The average molecular weight is 465 g/mol. The minimum atomic E-state index is 0. The Bertz CT molecular complexity index is 455. The zero-order chi connectivity index (χ0) is 17.2. The summed E-state index contributed by atoms with van der Waals surface area (Å²) in [6.45, 7) is 13.8. The Morgan fingerprint density at radius 1 is 1.28 bits per heavy atom. The van der Waals surface area contributed by atoms with E-state index in [-0.39, 0.29) is 29.5 Å². The molecule has 0 radical (unpaired) electrons. The summed E-state index contributed by atoms with van der Waals surface area (Å²) in [5.41, 5.74) is 0.127. The standard InChI is InChI=1S/C18H35N5O.HI/c1-14-11-22(15-5-6-15)12-16(14)21-17(19-4)20-7-8-23-9-10-24-13-18(23,2)3;/h14-16H,5-13H2,1-4H3,(H2,19,20,21);1H. The topological polar surface area (TPSA) is 52.1 Å². The van der Waals surface area contributed by atoms with Crippen LogP contribution in [0.3, 0.4) is 0 Å². The van der Waals surface area contributed by atoms with Crippen LogP contribution in [-0.4, -0.2) is 86.4 Å². The summed E-state index contributed by atoms with van der Waals surface area (Å²) in [7, 11) is 1.87. The Balaban J connectivity index is 0.00000225. The highest BCUT2D eigenvalue weighted by Gasteiger charge is 2.38. The Hall–Kier alpha value is -0.120. The number of hydrogen-bond donors (Lipinski definition) is 2. The first-order valence-electron chi connectivity index (χ1n) is 9.53. The number of guanidine groups is 1. The van der Waals surface area contributed by atoms with Crippen molar-refractivity contribution in [3.63, 3.8) is 0 Å². The van der Waals surface area contributed by atoms with Crippen molar-refractivity contribution in [2.45, 2.75) is 51.2 Å². The molecule has 3 aliphatic rings. The van der Waals surface area contributed by atoms with Gasteiger partial charge in [0.1, 0.15) is 0 Å². The van der Waals surface area contributed by atoms with E-state index in [2.05, 4.69) is 46.2 Å². The second-order valence-corrected chi connectivity index (χ2v) is 8.26. The third-order valence-electron chi connectivity index (χ3n) is 5.74. The monoisotopic (exact) mass is 465 g/mol. The summed E-state index contributed by atoms with van der Waals surface area (Å²) in [6, 6.07) is 1.37. The Morgan fingerprint density at radius 3 is 2.68 bits per heavy atom. The van der Waals surface area contributed by atoms with Gasteiger partial charge in [-0.2, -0.15) is 0 Å². The van der Waals surface area contributed by atoms with Crippen LogP contribution in [-0.2, 0) is 4.74 Å². The van der Waals surface area contributed by atoms with E-state index in [1.807, 2.05) is 7.05 Å². The van der Waals surface area contributed by atoms with Crippen LogP contribution < -0.4 is 10.6 Å². The molecule has 0 spiro atoms. The van der Waals surface area contributed by atoms with E-state index in [1.54, 1.807) is 0 Å². The van der Waals surface area contributed by atoms with E-state index in [9.17, 15) is 0 Å². The lowest BCUT2D eigenvalue weighted by Gasteiger charge is -2.42. The number of nitrogens with zero attached hydrogens (tertiary/aromatic N) is 3. The van der Waals surface area contributed by atoms with Crippen molar-refractivity contribution in [2.24, 2.45) is 10.9 Å². The predicted octanol–water partition coefficient (Wildman–Crippen LogP) is 1.36. The Kier molecular flexibility index (Phi) is 7.79. The number of nitrogens with one attached hydrogen (secondary N) is 2. The fourth-order valence-electron chi connectivity index (χ4n) is 3.91. The van der Waals surface area contributed by atoms with Crippen molar-refractivity contribution in [3.05, 3.63) is 0 Å². The van der Waals surface area contributed by atoms with E-state index < -0.39 is 0 Å². The molecule has 6 nitrogen and oxygen atoms in total. The number of likely N-dealkylation sites (tertiary alicyclic amines) is 1.